The Morgan fingerprint density at radius 2 is 1.58 bits per heavy atom. The van der Waals surface area contributed by atoms with E-state index in [1.165, 1.54) is 0 Å². The van der Waals surface area contributed by atoms with Crippen molar-refractivity contribution in [1.29, 1.82) is 0 Å². The number of halogens is 1. The number of carbonyl (C=O) groups is 2. The molecule has 2 aliphatic heterocycles. The Kier molecular flexibility index (Phi) is 5.42. The van der Waals surface area contributed by atoms with Crippen LogP contribution < -0.4 is 5.32 Å². The fourth-order valence-electron chi connectivity index (χ4n) is 2.82. The molecular formula is C16H21ClN4O3. The topological polar surface area (TPSA) is 65.1 Å². The molecule has 4 amide bonds. The number of nitrogens with one attached hydrogen (secondary N) is 1. The van der Waals surface area contributed by atoms with Crippen LogP contribution in [0.15, 0.2) is 24.3 Å². The molecule has 1 aromatic carbocycles. The largest absolute Gasteiger partial charge is 0.378 e. The second kappa shape index (κ2) is 7.72. The monoisotopic (exact) mass is 352 g/mol. The maximum absolute atomic E-state index is 12.4. The number of rotatable bonds is 1. The summed E-state index contributed by atoms with van der Waals surface area (Å²) in [4.78, 5) is 30.0. The molecule has 2 saturated heterocycles. The number of anilines is 1. The maximum atomic E-state index is 12.4. The van der Waals surface area contributed by atoms with Gasteiger partial charge in [-0.1, -0.05) is 17.7 Å². The molecule has 1 aromatic rings. The zero-order chi connectivity index (χ0) is 16.9. The minimum Gasteiger partial charge on any atom is -0.378 e. The maximum Gasteiger partial charge on any atom is 0.321 e. The molecule has 2 aliphatic rings. The van der Waals surface area contributed by atoms with Crippen molar-refractivity contribution in [3.8, 4) is 0 Å². The van der Waals surface area contributed by atoms with Gasteiger partial charge in [0, 0.05) is 50.0 Å². The van der Waals surface area contributed by atoms with Crippen LogP contribution in [0.1, 0.15) is 0 Å². The Morgan fingerprint density at radius 3 is 2.25 bits per heavy atom. The van der Waals surface area contributed by atoms with Crippen molar-refractivity contribution >= 4 is 29.4 Å². The lowest BCUT2D eigenvalue weighted by Gasteiger charge is -2.38. The summed E-state index contributed by atoms with van der Waals surface area (Å²) >= 11 is 5.92. The molecule has 0 spiro atoms. The first kappa shape index (κ1) is 16.9. The van der Waals surface area contributed by atoms with Crippen LogP contribution in [0.3, 0.4) is 0 Å². The molecule has 0 radical (unpaired) electrons. The first-order valence-corrected chi connectivity index (χ1v) is 8.44. The van der Waals surface area contributed by atoms with Crippen LogP contribution in [0.2, 0.25) is 5.02 Å². The van der Waals surface area contributed by atoms with Gasteiger partial charge in [-0.25, -0.2) is 9.59 Å². The molecule has 7 nitrogen and oxygen atoms in total. The van der Waals surface area contributed by atoms with E-state index in [0.717, 1.165) is 0 Å². The zero-order valence-corrected chi connectivity index (χ0v) is 14.2. The fraction of sp³-hybridized carbons (Fsp3) is 0.500. The normalized spacial score (nSPS) is 18.5. The zero-order valence-electron chi connectivity index (χ0n) is 13.4. The van der Waals surface area contributed by atoms with Gasteiger partial charge in [-0.05, 0) is 18.2 Å². The average molecular weight is 353 g/mol. The molecule has 0 bridgehead atoms. The van der Waals surface area contributed by atoms with Gasteiger partial charge in [0.2, 0.25) is 0 Å². The summed E-state index contributed by atoms with van der Waals surface area (Å²) in [7, 11) is 0. The number of carbonyl (C=O) groups excluding carboxylic acids is 2. The Morgan fingerprint density at radius 1 is 0.958 bits per heavy atom. The molecule has 24 heavy (non-hydrogen) atoms. The Labute approximate surface area is 146 Å². The molecule has 0 saturated carbocycles. The summed E-state index contributed by atoms with van der Waals surface area (Å²) in [5.41, 5.74) is 0.666. The van der Waals surface area contributed by atoms with E-state index in [0.29, 0.717) is 63.2 Å². The molecule has 2 heterocycles. The lowest BCUT2D eigenvalue weighted by molar-refractivity contribution is 0.0394. The predicted octanol–water partition coefficient (Wildman–Crippen LogP) is 1.94. The number of ether oxygens (including phenoxy) is 1. The molecule has 0 atom stereocenters. The summed E-state index contributed by atoms with van der Waals surface area (Å²) in [5.74, 6) is 0. The van der Waals surface area contributed by atoms with Gasteiger partial charge < -0.3 is 24.8 Å². The number of piperazine rings is 1. The van der Waals surface area contributed by atoms with Gasteiger partial charge in [0.05, 0.1) is 13.2 Å². The van der Waals surface area contributed by atoms with E-state index in [1.807, 2.05) is 4.90 Å². The highest BCUT2D eigenvalue weighted by molar-refractivity contribution is 6.30. The second-order valence-corrected chi connectivity index (χ2v) is 6.23. The number of amides is 4. The first-order chi connectivity index (χ1) is 11.6. The third-order valence-electron chi connectivity index (χ3n) is 4.19. The smallest absolute Gasteiger partial charge is 0.321 e. The lowest BCUT2D eigenvalue weighted by Crippen LogP contribution is -2.56. The van der Waals surface area contributed by atoms with Crippen molar-refractivity contribution in [2.24, 2.45) is 0 Å². The van der Waals surface area contributed by atoms with Crippen LogP contribution in [0.25, 0.3) is 0 Å². The van der Waals surface area contributed by atoms with Crippen LogP contribution in [0, 0.1) is 0 Å². The third kappa shape index (κ3) is 4.10. The van der Waals surface area contributed by atoms with Crippen LogP contribution in [0.4, 0.5) is 15.3 Å². The van der Waals surface area contributed by atoms with Gasteiger partial charge in [0.25, 0.3) is 0 Å². The molecule has 0 aromatic heterocycles. The summed E-state index contributed by atoms with van der Waals surface area (Å²) in [5, 5.41) is 3.41. The van der Waals surface area contributed by atoms with Gasteiger partial charge in [-0.15, -0.1) is 0 Å². The fourth-order valence-corrected chi connectivity index (χ4v) is 3.01. The van der Waals surface area contributed by atoms with E-state index in [9.17, 15) is 9.59 Å². The van der Waals surface area contributed by atoms with Crippen molar-refractivity contribution in [3.63, 3.8) is 0 Å². The van der Waals surface area contributed by atoms with Gasteiger partial charge in [0.15, 0.2) is 0 Å². The molecule has 3 rings (SSSR count). The highest BCUT2D eigenvalue weighted by Crippen LogP contribution is 2.16. The predicted molar refractivity (Wildman–Crippen MR) is 91.4 cm³/mol. The SMILES string of the molecule is O=C(Nc1cccc(Cl)c1)N1CCN(C(=O)N2CCOCC2)CC1. The molecule has 0 unspecified atom stereocenters. The number of nitrogens with zero attached hydrogens (tertiary/aromatic N) is 3. The van der Waals surface area contributed by atoms with Crippen LogP contribution >= 0.6 is 11.6 Å². The highest BCUT2D eigenvalue weighted by Gasteiger charge is 2.28. The van der Waals surface area contributed by atoms with Crippen LogP contribution in [0.5, 0.6) is 0 Å². The molecule has 0 aliphatic carbocycles. The minimum absolute atomic E-state index is 0.0354. The van der Waals surface area contributed by atoms with Crippen molar-refractivity contribution in [2.75, 3.05) is 57.8 Å². The molecule has 130 valence electrons. The average Bonchev–Trinajstić information content (AvgIpc) is 2.62. The Hall–Kier alpha value is -1.99. The van der Waals surface area contributed by atoms with Crippen molar-refractivity contribution in [2.45, 2.75) is 0 Å². The Balaban J connectivity index is 1.49. The summed E-state index contributed by atoms with van der Waals surface area (Å²) < 4.78 is 5.27. The number of hydrogen-bond donors (Lipinski definition) is 1. The van der Waals surface area contributed by atoms with Crippen LogP contribution in [-0.4, -0.2) is 79.2 Å². The lowest BCUT2D eigenvalue weighted by atomic mass is 10.3. The van der Waals surface area contributed by atoms with Gasteiger partial charge in [-0.3, -0.25) is 0 Å². The number of urea groups is 2. The third-order valence-corrected chi connectivity index (χ3v) is 4.43. The molecular weight excluding hydrogens is 332 g/mol. The number of hydrogen-bond acceptors (Lipinski definition) is 3. The van der Waals surface area contributed by atoms with Crippen LogP contribution in [-0.2, 0) is 4.74 Å². The van der Waals surface area contributed by atoms with Gasteiger partial charge in [-0.2, -0.15) is 0 Å². The van der Waals surface area contributed by atoms with E-state index in [1.54, 1.807) is 34.1 Å². The van der Waals surface area contributed by atoms with Crippen molar-refractivity contribution < 1.29 is 14.3 Å². The molecule has 8 heteroatoms. The van der Waals surface area contributed by atoms with E-state index >= 15 is 0 Å². The van der Waals surface area contributed by atoms with E-state index < -0.39 is 0 Å². The second-order valence-electron chi connectivity index (χ2n) is 5.80. The number of benzene rings is 1. The first-order valence-electron chi connectivity index (χ1n) is 8.06. The van der Waals surface area contributed by atoms with Gasteiger partial charge in [0.1, 0.15) is 0 Å². The summed E-state index contributed by atoms with van der Waals surface area (Å²) in [6, 6.07) is 6.91. The summed E-state index contributed by atoms with van der Waals surface area (Å²) in [6.45, 7) is 4.56. The van der Waals surface area contributed by atoms with Crippen molar-refractivity contribution in [3.05, 3.63) is 29.3 Å². The standard InChI is InChI=1S/C16H21ClN4O3/c17-13-2-1-3-14(12-13)18-15(22)19-4-6-20(7-5-19)16(23)21-8-10-24-11-9-21/h1-3,12H,4-11H2,(H,18,22). The molecule has 1 N–H and O–H groups in total. The summed E-state index contributed by atoms with van der Waals surface area (Å²) in [6.07, 6.45) is 0. The highest BCUT2D eigenvalue weighted by atomic mass is 35.5. The minimum atomic E-state index is -0.171. The molecule has 2 fully saturated rings. The number of morpholine rings is 1. The van der Waals surface area contributed by atoms with Crippen molar-refractivity contribution in [1.82, 2.24) is 14.7 Å². The van der Waals surface area contributed by atoms with Gasteiger partial charge >= 0.3 is 12.1 Å². The van der Waals surface area contributed by atoms with E-state index in [2.05, 4.69) is 5.32 Å². The van der Waals surface area contributed by atoms with E-state index in [-0.39, 0.29) is 12.1 Å². The van der Waals surface area contributed by atoms with E-state index in [4.69, 9.17) is 16.3 Å². The Bertz CT molecular complexity index is 599. The quantitative estimate of drug-likeness (QED) is 0.840.